The number of hydrogen-bond donors (Lipinski definition) is 0. The summed E-state index contributed by atoms with van der Waals surface area (Å²) in [4.78, 5) is 11.1. The van der Waals surface area contributed by atoms with Gasteiger partial charge in [0.05, 0.1) is 11.2 Å². The summed E-state index contributed by atoms with van der Waals surface area (Å²) in [5.74, 6) is 0. The first-order valence-corrected chi connectivity index (χ1v) is 16.0. The summed E-state index contributed by atoms with van der Waals surface area (Å²) in [6, 6.07) is 37.0. The Labute approximate surface area is 256 Å². The van der Waals surface area contributed by atoms with Crippen molar-refractivity contribution in [1.29, 1.82) is 0 Å². The molecule has 9 aromatic rings. The highest BCUT2D eigenvalue weighted by atomic mass is 32.1. The molecule has 0 saturated carbocycles. The molecule has 4 aromatic heterocycles. The van der Waals surface area contributed by atoms with E-state index in [2.05, 4.69) is 121 Å². The molecule has 0 aliphatic carbocycles. The minimum atomic E-state index is 0.976. The molecule has 2 nitrogen and oxygen atoms in total. The van der Waals surface area contributed by atoms with E-state index in [1.165, 1.54) is 68.0 Å². The molecular formula is C39H24N2S2. The second kappa shape index (κ2) is 9.56. The van der Waals surface area contributed by atoms with E-state index in [-0.39, 0.29) is 0 Å². The Bertz CT molecular complexity index is 2480. The average Bonchev–Trinajstić information content (AvgIpc) is 3.65. The Morgan fingerprint density at radius 3 is 2.37 bits per heavy atom. The maximum Gasteiger partial charge on any atom is 0.0793 e. The Morgan fingerprint density at radius 1 is 0.605 bits per heavy atom. The van der Waals surface area contributed by atoms with Crippen LogP contribution >= 0.6 is 22.7 Å². The van der Waals surface area contributed by atoms with Gasteiger partial charge in [-0.15, -0.1) is 22.7 Å². The quantitative estimate of drug-likeness (QED) is 0.152. The first-order chi connectivity index (χ1) is 21.2. The highest BCUT2D eigenvalue weighted by Crippen LogP contribution is 2.47. The van der Waals surface area contributed by atoms with Crippen LogP contribution in [0.3, 0.4) is 0 Å². The number of thiophene rings is 2. The molecule has 5 aromatic carbocycles. The Balaban J connectivity index is 1.30. The number of pyridine rings is 2. The van der Waals surface area contributed by atoms with Crippen molar-refractivity contribution in [2.45, 2.75) is 6.92 Å². The van der Waals surface area contributed by atoms with E-state index >= 15 is 0 Å². The van der Waals surface area contributed by atoms with Gasteiger partial charge in [-0.3, -0.25) is 9.97 Å². The van der Waals surface area contributed by atoms with E-state index < -0.39 is 0 Å². The van der Waals surface area contributed by atoms with Crippen LogP contribution in [0.25, 0.3) is 85.8 Å². The molecule has 0 amide bonds. The molecular weight excluding hydrogens is 561 g/mol. The molecule has 0 aliphatic heterocycles. The minimum absolute atomic E-state index is 0.976. The number of hydrogen-bond acceptors (Lipinski definition) is 4. The molecule has 0 N–H and O–H groups in total. The average molecular weight is 585 g/mol. The minimum Gasteiger partial charge on any atom is -0.256 e. The summed E-state index contributed by atoms with van der Waals surface area (Å²) in [7, 11) is 0. The molecule has 0 atom stereocenters. The highest BCUT2D eigenvalue weighted by Gasteiger charge is 2.20. The molecule has 0 spiro atoms. The van der Waals surface area contributed by atoms with E-state index in [0.29, 0.717) is 0 Å². The first-order valence-electron chi connectivity index (χ1n) is 14.4. The zero-order valence-electron chi connectivity index (χ0n) is 23.3. The number of fused-ring (bicyclic) bond motifs is 4. The Hall–Kier alpha value is -4.90. The lowest BCUT2D eigenvalue weighted by Crippen LogP contribution is -1.90. The normalized spacial score (nSPS) is 12.2. The highest BCUT2D eigenvalue weighted by molar-refractivity contribution is 7.26. The summed E-state index contributed by atoms with van der Waals surface area (Å²) in [5.41, 5.74) is 7.93. The van der Waals surface area contributed by atoms with E-state index in [4.69, 9.17) is 4.98 Å². The third kappa shape index (κ3) is 3.91. The summed E-state index contributed by atoms with van der Waals surface area (Å²) < 4.78 is 3.95. The van der Waals surface area contributed by atoms with E-state index in [1.807, 2.05) is 41.0 Å². The van der Waals surface area contributed by atoms with Crippen molar-refractivity contribution >= 4 is 86.8 Å². The van der Waals surface area contributed by atoms with Crippen molar-refractivity contribution in [3.8, 4) is 21.7 Å². The SMILES string of the molecule is Cc1cc2sc3ccc(/C=C/c4ccccc4-c4ccccn4)c4c5ncc(-c6cc7ccccc7s6)cc5c(c1)c2c34. The number of rotatable bonds is 4. The summed E-state index contributed by atoms with van der Waals surface area (Å²) in [6.45, 7) is 2.20. The van der Waals surface area contributed by atoms with Crippen LogP contribution in [0.5, 0.6) is 0 Å². The van der Waals surface area contributed by atoms with Gasteiger partial charge in [0.25, 0.3) is 0 Å². The van der Waals surface area contributed by atoms with Crippen molar-refractivity contribution in [2.24, 2.45) is 0 Å². The van der Waals surface area contributed by atoms with Crippen LogP contribution in [0.2, 0.25) is 0 Å². The molecule has 9 rings (SSSR count). The largest absolute Gasteiger partial charge is 0.256 e. The van der Waals surface area contributed by atoms with Crippen LogP contribution in [0.1, 0.15) is 16.7 Å². The molecule has 0 bridgehead atoms. The first kappa shape index (κ1) is 24.7. The van der Waals surface area contributed by atoms with Gasteiger partial charge in [0.2, 0.25) is 0 Å². The topological polar surface area (TPSA) is 25.8 Å². The molecule has 202 valence electrons. The monoisotopic (exact) mass is 584 g/mol. The smallest absolute Gasteiger partial charge is 0.0793 e. The standard InChI is InChI=1S/C39H24N2S2/c1-23-18-29-30-20-27(34-21-26-9-3-5-12-32(26)42-34)22-41-39(30)36-25(15-16-33-38(36)37(29)35(19-23)43-33)14-13-24-8-2-4-10-28(24)31-11-6-7-17-40-31/h2-22H,1H3/b14-13+. The number of aryl methyl sites for hydroxylation is 1. The van der Waals surface area contributed by atoms with Crippen molar-refractivity contribution in [3.05, 3.63) is 132 Å². The third-order valence-corrected chi connectivity index (χ3v) is 10.7. The van der Waals surface area contributed by atoms with Gasteiger partial charge in [-0.25, -0.2) is 0 Å². The van der Waals surface area contributed by atoms with Gasteiger partial charge in [-0.2, -0.15) is 0 Å². The van der Waals surface area contributed by atoms with Crippen molar-refractivity contribution in [2.75, 3.05) is 0 Å². The van der Waals surface area contributed by atoms with Gasteiger partial charge < -0.3 is 0 Å². The zero-order valence-corrected chi connectivity index (χ0v) is 25.0. The fourth-order valence-corrected chi connectivity index (χ4v) is 8.74. The Kier molecular flexibility index (Phi) is 5.49. The molecule has 0 fully saturated rings. The zero-order chi connectivity index (χ0) is 28.5. The number of benzene rings is 5. The second-order valence-electron chi connectivity index (χ2n) is 11.1. The number of aromatic nitrogens is 2. The van der Waals surface area contributed by atoms with Crippen molar-refractivity contribution < 1.29 is 0 Å². The van der Waals surface area contributed by atoms with Crippen LogP contribution in [0, 0.1) is 6.92 Å². The predicted molar refractivity (Wildman–Crippen MR) is 187 cm³/mol. The predicted octanol–water partition coefficient (Wildman–Crippen LogP) is 11.6. The summed E-state index contributed by atoms with van der Waals surface area (Å²) >= 11 is 3.72. The van der Waals surface area contributed by atoms with Gasteiger partial charge in [0.1, 0.15) is 0 Å². The van der Waals surface area contributed by atoms with Crippen LogP contribution in [0.15, 0.2) is 116 Å². The van der Waals surface area contributed by atoms with Gasteiger partial charge in [-0.05, 0) is 76.9 Å². The lowest BCUT2D eigenvalue weighted by Gasteiger charge is -2.13. The third-order valence-electron chi connectivity index (χ3n) is 8.38. The number of nitrogens with zero attached hydrogens (tertiary/aromatic N) is 2. The summed E-state index contributed by atoms with van der Waals surface area (Å²) in [6.07, 6.45) is 8.40. The lowest BCUT2D eigenvalue weighted by atomic mass is 9.92. The van der Waals surface area contributed by atoms with Gasteiger partial charge in [0.15, 0.2) is 0 Å². The molecule has 4 heteroatoms. The Morgan fingerprint density at radius 2 is 1.47 bits per heavy atom. The van der Waals surface area contributed by atoms with E-state index in [0.717, 1.165) is 22.3 Å². The van der Waals surface area contributed by atoms with Crippen molar-refractivity contribution in [3.63, 3.8) is 0 Å². The van der Waals surface area contributed by atoms with Gasteiger partial charge in [0, 0.05) is 64.0 Å². The van der Waals surface area contributed by atoms with E-state index in [9.17, 15) is 0 Å². The molecule has 0 aliphatic rings. The van der Waals surface area contributed by atoms with Gasteiger partial charge >= 0.3 is 0 Å². The molecule has 43 heavy (non-hydrogen) atoms. The van der Waals surface area contributed by atoms with Gasteiger partial charge in [-0.1, -0.05) is 72.8 Å². The fourth-order valence-electron chi connectivity index (χ4n) is 6.45. The van der Waals surface area contributed by atoms with E-state index in [1.54, 1.807) is 0 Å². The van der Waals surface area contributed by atoms with Crippen LogP contribution in [0.4, 0.5) is 0 Å². The lowest BCUT2D eigenvalue weighted by molar-refractivity contribution is 1.32. The molecule has 4 heterocycles. The van der Waals surface area contributed by atoms with Crippen LogP contribution < -0.4 is 0 Å². The second-order valence-corrected chi connectivity index (χ2v) is 13.3. The fraction of sp³-hybridized carbons (Fsp3) is 0.0256. The van der Waals surface area contributed by atoms with Crippen LogP contribution in [-0.4, -0.2) is 9.97 Å². The molecule has 0 radical (unpaired) electrons. The maximum absolute atomic E-state index is 5.23. The molecule has 0 unspecified atom stereocenters. The maximum atomic E-state index is 5.23. The summed E-state index contributed by atoms with van der Waals surface area (Å²) in [5, 5.41) is 7.69. The van der Waals surface area contributed by atoms with Crippen LogP contribution in [-0.2, 0) is 0 Å². The molecule has 0 saturated heterocycles. The van der Waals surface area contributed by atoms with Crippen molar-refractivity contribution in [1.82, 2.24) is 9.97 Å².